The third-order valence-corrected chi connectivity index (χ3v) is 7.10. The molecule has 0 aromatic rings. The summed E-state index contributed by atoms with van der Waals surface area (Å²) in [4.78, 5) is 0. The zero-order chi connectivity index (χ0) is 21.8. The van der Waals surface area contributed by atoms with Crippen molar-refractivity contribution in [2.24, 2.45) is 0 Å². The second kappa shape index (κ2) is 29.4. The Hall–Kier alpha value is 0.440. The molecular formula is C28H57BrO. The smallest absolute Gasteiger partial charge is 0.0431 e. The van der Waals surface area contributed by atoms with Crippen molar-refractivity contribution in [3.05, 3.63) is 0 Å². The van der Waals surface area contributed by atoms with Gasteiger partial charge in [0.1, 0.15) is 0 Å². The van der Waals surface area contributed by atoms with E-state index in [1.165, 1.54) is 166 Å². The Labute approximate surface area is 199 Å². The maximum Gasteiger partial charge on any atom is 0.0431 e. The van der Waals surface area contributed by atoms with Crippen LogP contribution >= 0.6 is 15.9 Å². The Bertz CT molecular complexity index is 254. The van der Waals surface area contributed by atoms with Crippen molar-refractivity contribution < 1.29 is 5.11 Å². The first-order chi connectivity index (χ1) is 14.9. The second-order valence-corrected chi connectivity index (χ2v) is 10.4. The van der Waals surface area contributed by atoms with Crippen molar-refractivity contribution in [2.75, 3.05) is 11.9 Å². The highest BCUT2D eigenvalue weighted by molar-refractivity contribution is 9.09. The van der Waals surface area contributed by atoms with E-state index in [2.05, 4.69) is 15.9 Å². The van der Waals surface area contributed by atoms with Crippen molar-refractivity contribution in [1.82, 2.24) is 0 Å². The van der Waals surface area contributed by atoms with Gasteiger partial charge in [0.05, 0.1) is 0 Å². The van der Waals surface area contributed by atoms with Gasteiger partial charge in [-0.05, 0) is 12.8 Å². The normalized spacial score (nSPS) is 11.4. The molecule has 0 saturated heterocycles. The zero-order valence-corrected chi connectivity index (χ0v) is 22.2. The largest absolute Gasteiger partial charge is 0.396 e. The molecule has 0 aromatic heterocycles. The number of hydrogen-bond acceptors (Lipinski definition) is 1. The number of halogens is 1. The van der Waals surface area contributed by atoms with E-state index in [0.717, 1.165) is 6.42 Å². The van der Waals surface area contributed by atoms with Crippen molar-refractivity contribution in [3.63, 3.8) is 0 Å². The van der Waals surface area contributed by atoms with Crippen molar-refractivity contribution >= 4 is 15.9 Å². The van der Waals surface area contributed by atoms with Crippen LogP contribution in [0.4, 0.5) is 0 Å². The molecule has 0 bridgehead atoms. The molecule has 0 radical (unpaired) electrons. The minimum absolute atomic E-state index is 0.374. The average molecular weight is 490 g/mol. The lowest BCUT2D eigenvalue weighted by Gasteiger charge is -2.04. The van der Waals surface area contributed by atoms with E-state index in [4.69, 9.17) is 5.11 Å². The van der Waals surface area contributed by atoms with Crippen LogP contribution in [0.25, 0.3) is 0 Å². The van der Waals surface area contributed by atoms with Crippen LogP contribution in [0.5, 0.6) is 0 Å². The highest BCUT2D eigenvalue weighted by atomic mass is 79.9. The summed E-state index contributed by atoms with van der Waals surface area (Å²) in [6, 6.07) is 0. The third-order valence-electron chi connectivity index (χ3n) is 6.54. The van der Waals surface area contributed by atoms with E-state index < -0.39 is 0 Å². The van der Waals surface area contributed by atoms with E-state index in [1.807, 2.05) is 0 Å². The Morgan fingerprint density at radius 3 is 0.600 bits per heavy atom. The fourth-order valence-corrected chi connectivity index (χ4v) is 4.85. The summed E-state index contributed by atoms with van der Waals surface area (Å²) in [6.07, 6.45) is 36.9. The molecule has 0 aliphatic carbocycles. The average Bonchev–Trinajstić information content (AvgIpc) is 2.76. The van der Waals surface area contributed by atoms with Crippen LogP contribution in [0.2, 0.25) is 0 Å². The number of hydrogen-bond donors (Lipinski definition) is 1. The van der Waals surface area contributed by atoms with Gasteiger partial charge in [0.15, 0.2) is 0 Å². The number of aliphatic hydroxyl groups is 1. The number of unbranched alkanes of at least 4 members (excludes halogenated alkanes) is 25. The highest BCUT2D eigenvalue weighted by Gasteiger charge is 1.96. The van der Waals surface area contributed by atoms with Gasteiger partial charge >= 0.3 is 0 Å². The van der Waals surface area contributed by atoms with Crippen molar-refractivity contribution in [2.45, 2.75) is 167 Å². The monoisotopic (exact) mass is 488 g/mol. The van der Waals surface area contributed by atoms with Gasteiger partial charge in [0.25, 0.3) is 0 Å². The van der Waals surface area contributed by atoms with E-state index >= 15 is 0 Å². The molecule has 0 aliphatic heterocycles. The lowest BCUT2D eigenvalue weighted by molar-refractivity contribution is 0.282. The number of rotatable bonds is 27. The van der Waals surface area contributed by atoms with Crippen molar-refractivity contribution in [1.29, 1.82) is 0 Å². The van der Waals surface area contributed by atoms with Crippen LogP contribution in [0, 0.1) is 0 Å². The van der Waals surface area contributed by atoms with Gasteiger partial charge in [-0.25, -0.2) is 0 Å². The summed E-state index contributed by atoms with van der Waals surface area (Å²) in [5.41, 5.74) is 0. The summed E-state index contributed by atoms with van der Waals surface area (Å²) in [7, 11) is 0. The minimum Gasteiger partial charge on any atom is -0.396 e. The lowest BCUT2D eigenvalue weighted by atomic mass is 10.0. The Morgan fingerprint density at radius 1 is 0.267 bits per heavy atom. The predicted octanol–water partition coefficient (Wildman–Crippen LogP) is 10.5. The van der Waals surface area contributed by atoms with E-state index in [0.29, 0.717) is 6.61 Å². The summed E-state index contributed by atoms with van der Waals surface area (Å²) < 4.78 is 0. The van der Waals surface area contributed by atoms with Crippen molar-refractivity contribution in [3.8, 4) is 0 Å². The van der Waals surface area contributed by atoms with Crippen LogP contribution in [-0.4, -0.2) is 17.0 Å². The summed E-state index contributed by atoms with van der Waals surface area (Å²) >= 11 is 3.51. The molecule has 0 unspecified atom stereocenters. The summed E-state index contributed by atoms with van der Waals surface area (Å²) in [5.74, 6) is 0. The molecule has 30 heavy (non-hydrogen) atoms. The minimum atomic E-state index is 0.374. The maximum absolute atomic E-state index is 8.75. The van der Waals surface area contributed by atoms with Gasteiger partial charge in [-0.3, -0.25) is 0 Å². The van der Waals surface area contributed by atoms with Crippen LogP contribution in [0.1, 0.15) is 167 Å². The van der Waals surface area contributed by atoms with E-state index in [-0.39, 0.29) is 0 Å². The molecule has 1 N–H and O–H groups in total. The fraction of sp³-hybridized carbons (Fsp3) is 1.00. The summed E-state index contributed by atoms with van der Waals surface area (Å²) in [6.45, 7) is 0.374. The van der Waals surface area contributed by atoms with Crippen LogP contribution in [0.3, 0.4) is 0 Å². The molecule has 182 valence electrons. The highest BCUT2D eigenvalue weighted by Crippen LogP contribution is 2.16. The molecule has 0 atom stereocenters. The number of alkyl halides is 1. The van der Waals surface area contributed by atoms with Crippen LogP contribution in [-0.2, 0) is 0 Å². The Balaban J connectivity index is 2.97. The number of aliphatic hydroxyl groups excluding tert-OH is 1. The molecule has 0 rings (SSSR count). The van der Waals surface area contributed by atoms with Gasteiger partial charge in [-0.15, -0.1) is 0 Å². The third kappa shape index (κ3) is 28.4. The van der Waals surface area contributed by atoms with Crippen LogP contribution < -0.4 is 0 Å². The molecule has 0 aromatic carbocycles. The van der Waals surface area contributed by atoms with Gasteiger partial charge in [0.2, 0.25) is 0 Å². The standard InChI is InChI=1S/C28H57BrO/c29-27-25-23-21-19-17-15-13-11-9-7-5-3-1-2-4-6-8-10-12-14-16-18-20-22-24-26-28-30/h30H,1-28H2. The van der Waals surface area contributed by atoms with E-state index in [1.54, 1.807) is 0 Å². The molecular weight excluding hydrogens is 432 g/mol. The Morgan fingerprint density at radius 2 is 0.433 bits per heavy atom. The Kier molecular flexibility index (Phi) is 29.9. The zero-order valence-electron chi connectivity index (χ0n) is 20.6. The molecule has 1 nitrogen and oxygen atoms in total. The molecule has 0 fully saturated rings. The molecule has 0 heterocycles. The van der Waals surface area contributed by atoms with Gasteiger partial charge in [0, 0.05) is 11.9 Å². The fourth-order valence-electron chi connectivity index (χ4n) is 4.45. The van der Waals surface area contributed by atoms with Gasteiger partial charge < -0.3 is 5.11 Å². The second-order valence-electron chi connectivity index (χ2n) is 9.60. The first-order valence-corrected chi connectivity index (χ1v) is 15.2. The topological polar surface area (TPSA) is 20.2 Å². The van der Waals surface area contributed by atoms with Gasteiger partial charge in [-0.2, -0.15) is 0 Å². The quantitative estimate of drug-likeness (QED) is 0.0898. The first kappa shape index (κ1) is 30.4. The lowest BCUT2D eigenvalue weighted by Crippen LogP contribution is -1.85. The first-order valence-electron chi connectivity index (χ1n) is 14.1. The molecule has 0 saturated carbocycles. The van der Waals surface area contributed by atoms with E-state index in [9.17, 15) is 0 Å². The molecule has 0 amide bonds. The summed E-state index contributed by atoms with van der Waals surface area (Å²) in [5, 5.41) is 9.94. The molecule has 0 aliphatic rings. The SMILES string of the molecule is OCCCCCCCCCCCCCCCCCCCCCCCCCCCCBr. The maximum atomic E-state index is 8.75. The van der Waals surface area contributed by atoms with Crippen LogP contribution in [0.15, 0.2) is 0 Å². The van der Waals surface area contributed by atoms with Gasteiger partial charge in [-0.1, -0.05) is 170 Å². The molecule has 0 spiro atoms. The predicted molar refractivity (Wildman–Crippen MR) is 141 cm³/mol. The molecule has 2 heteroatoms.